The summed E-state index contributed by atoms with van der Waals surface area (Å²) in [5.74, 6) is 0.655. The number of allylic oxidation sites excluding steroid dienone is 1. The van der Waals surface area contributed by atoms with Crippen molar-refractivity contribution in [1.29, 1.82) is 0 Å². The van der Waals surface area contributed by atoms with Crippen LogP contribution in [-0.2, 0) is 25.3 Å². The van der Waals surface area contributed by atoms with Gasteiger partial charge < -0.3 is 18.6 Å². The molecular weight excluding hydrogens is 516 g/mol. The van der Waals surface area contributed by atoms with Gasteiger partial charge in [0.25, 0.3) is 8.32 Å². The molecule has 0 heterocycles. The first-order valence-electron chi connectivity index (χ1n) is 14.0. The van der Waals surface area contributed by atoms with Crippen LogP contribution in [0.5, 0.6) is 5.75 Å². The van der Waals surface area contributed by atoms with Crippen molar-refractivity contribution in [2.24, 2.45) is 0 Å². The van der Waals surface area contributed by atoms with Gasteiger partial charge in [-0.05, 0) is 52.4 Å². The predicted octanol–water partition coefficient (Wildman–Crippen LogP) is 6.45. The molecule has 6 heteroatoms. The molecule has 0 aromatic heterocycles. The molecule has 3 aromatic rings. The van der Waals surface area contributed by atoms with E-state index in [0.29, 0.717) is 26.1 Å². The molecule has 0 aliphatic carbocycles. The van der Waals surface area contributed by atoms with Gasteiger partial charge in [-0.15, -0.1) is 0 Å². The fourth-order valence-electron chi connectivity index (χ4n) is 4.95. The van der Waals surface area contributed by atoms with Crippen LogP contribution in [0.2, 0.25) is 5.04 Å². The van der Waals surface area contributed by atoms with E-state index in [1.54, 1.807) is 7.11 Å². The van der Waals surface area contributed by atoms with Gasteiger partial charge in [0.1, 0.15) is 5.75 Å². The summed E-state index contributed by atoms with van der Waals surface area (Å²) in [5, 5.41) is 2.36. The average Bonchev–Trinajstić information content (AvgIpc) is 2.97. The van der Waals surface area contributed by atoms with Crippen molar-refractivity contribution in [2.75, 3.05) is 20.8 Å². The predicted molar refractivity (Wildman–Crippen MR) is 165 cm³/mol. The van der Waals surface area contributed by atoms with E-state index in [9.17, 15) is 4.79 Å². The summed E-state index contributed by atoms with van der Waals surface area (Å²) in [6.45, 7) is 7.82. The van der Waals surface area contributed by atoms with Crippen LogP contribution in [0.15, 0.2) is 97.1 Å². The fraction of sp³-hybridized carbons (Fsp3) is 0.382. The average molecular weight is 561 g/mol. The Kier molecular flexibility index (Phi) is 12.2. The monoisotopic (exact) mass is 560 g/mol. The van der Waals surface area contributed by atoms with Crippen LogP contribution in [0.1, 0.15) is 52.0 Å². The number of ether oxygens (including phenoxy) is 3. The van der Waals surface area contributed by atoms with E-state index < -0.39 is 8.32 Å². The Bertz CT molecular complexity index is 1130. The van der Waals surface area contributed by atoms with E-state index >= 15 is 0 Å². The highest BCUT2D eigenvalue weighted by Crippen LogP contribution is 2.38. The van der Waals surface area contributed by atoms with E-state index in [0.717, 1.165) is 24.2 Å². The molecule has 0 bridgehead atoms. The maximum absolute atomic E-state index is 11.5. The molecule has 0 aliphatic rings. The molecule has 3 aromatic carbocycles. The standard InChI is InChI=1S/C34H44O5Si/c1-34(2,3)40(31-17-11-8-12-18-31,32-19-13-9-14-20-32)39-30(16-10-6-7-15-21-33(35)37-5)27-38-26-28-22-24-29(36-4)25-23-28/h6,8-14,17-20,22-25,30H,7,15-16,21,26-27H2,1-5H3/b10-6-/t30-/m1/s1. The highest BCUT2D eigenvalue weighted by molar-refractivity contribution is 6.99. The lowest BCUT2D eigenvalue weighted by molar-refractivity contribution is -0.140. The molecule has 0 saturated carbocycles. The molecule has 0 N–H and O–H groups in total. The molecule has 0 radical (unpaired) electrons. The van der Waals surface area contributed by atoms with Crippen LogP contribution < -0.4 is 15.1 Å². The number of carbonyl (C=O) groups is 1. The Morgan fingerprint density at radius 1 is 0.850 bits per heavy atom. The summed E-state index contributed by atoms with van der Waals surface area (Å²) in [7, 11) is 0.354. The Morgan fingerprint density at radius 2 is 1.45 bits per heavy atom. The second-order valence-corrected chi connectivity index (χ2v) is 15.2. The highest BCUT2D eigenvalue weighted by atomic mass is 28.4. The van der Waals surface area contributed by atoms with E-state index in [-0.39, 0.29) is 17.1 Å². The van der Waals surface area contributed by atoms with Crippen LogP contribution >= 0.6 is 0 Å². The third-order valence-electron chi connectivity index (χ3n) is 7.04. The van der Waals surface area contributed by atoms with Gasteiger partial charge in [0, 0.05) is 6.42 Å². The Hall–Kier alpha value is -3.19. The second-order valence-electron chi connectivity index (χ2n) is 10.9. The summed E-state index contributed by atoms with van der Waals surface area (Å²) in [6, 6.07) is 29.3. The number of hydrogen-bond acceptors (Lipinski definition) is 5. The van der Waals surface area contributed by atoms with Crippen molar-refractivity contribution in [2.45, 2.75) is 64.2 Å². The molecule has 0 unspecified atom stereocenters. The van der Waals surface area contributed by atoms with Gasteiger partial charge in [-0.3, -0.25) is 4.79 Å². The van der Waals surface area contributed by atoms with Crippen LogP contribution in [0, 0.1) is 0 Å². The largest absolute Gasteiger partial charge is 0.497 e. The molecule has 5 nitrogen and oxygen atoms in total. The molecule has 1 atom stereocenters. The van der Waals surface area contributed by atoms with Gasteiger partial charge in [0.15, 0.2) is 0 Å². The Balaban J connectivity index is 1.86. The highest BCUT2D eigenvalue weighted by Gasteiger charge is 2.51. The fourth-order valence-corrected chi connectivity index (χ4v) is 9.63. The number of unbranched alkanes of at least 4 members (excludes halogenated alkanes) is 1. The summed E-state index contributed by atoms with van der Waals surface area (Å²) in [6.07, 6.45) is 6.86. The van der Waals surface area contributed by atoms with Crippen molar-refractivity contribution in [3.05, 3.63) is 103 Å². The zero-order chi connectivity index (χ0) is 28.8. The minimum absolute atomic E-state index is 0.131. The smallest absolute Gasteiger partial charge is 0.305 e. The lowest BCUT2D eigenvalue weighted by Gasteiger charge is -2.45. The van der Waals surface area contributed by atoms with Crippen LogP contribution in [0.3, 0.4) is 0 Å². The van der Waals surface area contributed by atoms with E-state index in [2.05, 4.69) is 93.6 Å². The number of carbonyl (C=O) groups excluding carboxylic acids is 1. The molecule has 214 valence electrons. The van der Waals surface area contributed by atoms with Crippen molar-refractivity contribution >= 4 is 24.7 Å². The van der Waals surface area contributed by atoms with Crippen LogP contribution in [0.25, 0.3) is 0 Å². The minimum Gasteiger partial charge on any atom is -0.497 e. The van der Waals surface area contributed by atoms with Crippen molar-refractivity contribution in [3.8, 4) is 5.75 Å². The van der Waals surface area contributed by atoms with Gasteiger partial charge in [-0.2, -0.15) is 0 Å². The number of rotatable bonds is 15. The first kappa shape index (κ1) is 31.3. The molecule has 0 spiro atoms. The van der Waals surface area contributed by atoms with E-state index in [1.807, 2.05) is 24.3 Å². The molecule has 0 aliphatic heterocycles. The van der Waals surface area contributed by atoms with Gasteiger partial charge in [-0.25, -0.2) is 0 Å². The normalized spacial score (nSPS) is 12.8. The Morgan fingerprint density at radius 3 is 1.98 bits per heavy atom. The van der Waals surface area contributed by atoms with Gasteiger partial charge in [-0.1, -0.05) is 106 Å². The second kappa shape index (κ2) is 15.6. The van der Waals surface area contributed by atoms with E-state index in [4.69, 9.17) is 18.6 Å². The van der Waals surface area contributed by atoms with E-state index in [1.165, 1.54) is 17.5 Å². The molecular formula is C34H44O5Si. The summed E-state index contributed by atoms with van der Waals surface area (Å²) in [4.78, 5) is 11.5. The maximum atomic E-state index is 11.5. The first-order valence-corrected chi connectivity index (χ1v) is 15.9. The lowest BCUT2D eigenvalue weighted by Crippen LogP contribution is -2.68. The number of esters is 1. The van der Waals surface area contributed by atoms with Crippen molar-refractivity contribution in [3.63, 3.8) is 0 Å². The topological polar surface area (TPSA) is 54.0 Å². The summed E-state index contributed by atoms with van der Waals surface area (Å²) < 4.78 is 23.7. The quantitative estimate of drug-likeness (QED) is 0.0926. The van der Waals surface area contributed by atoms with Crippen molar-refractivity contribution in [1.82, 2.24) is 0 Å². The molecule has 0 saturated heterocycles. The van der Waals surface area contributed by atoms with Crippen molar-refractivity contribution < 1.29 is 23.4 Å². The van der Waals surface area contributed by atoms with Crippen LogP contribution in [0.4, 0.5) is 0 Å². The Labute approximate surface area is 241 Å². The summed E-state index contributed by atoms with van der Waals surface area (Å²) >= 11 is 0. The number of hydrogen-bond donors (Lipinski definition) is 0. The third-order valence-corrected chi connectivity index (χ3v) is 12.1. The van der Waals surface area contributed by atoms with Gasteiger partial charge in [0.2, 0.25) is 0 Å². The minimum atomic E-state index is -2.74. The molecule has 3 rings (SSSR count). The molecule has 0 fully saturated rings. The molecule has 40 heavy (non-hydrogen) atoms. The third kappa shape index (κ3) is 8.65. The maximum Gasteiger partial charge on any atom is 0.305 e. The SMILES string of the molecule is COC(=O)CCC/C=C\C[C@H](COCc1ccc(OC)cc1)O[Si](c1ccccc1)(c1ccccc1)C(C)(C)C. The number of benzene rings is 3. The zero-order valence-electron chi connectivity index (χ0n) is 24.6. The lowest BCUT2D eigenvalue weighted by atomic mass is 10.2. The zero-order valence-corrected chi connectivity index (χ0v) is 25.6. The van der Waals surface area contributed by atoms with Gasteiger partial charge >= 0.3 is 5.97 Å². The van der Waals surface area contributed by atoms with Crippen LogP contribution in [-0.4, -0.2) is 41.2 Å². The number of methoxy groups -OCH3 is 2. The van der Waals surface area contributed by atoms with Gasteiger partial charge in [0.05, 0.1) is 33.5 Å². The first-order chi connectivity index (χ1) is 19.3. The molecule has 0 amide bonds. The summed E-state index contributed by atoms with van der Waals surface area (Å²) in [5.41, 5.74) is 1.09.